The molecular weight excluding hydrogens is 679 g/mol. The number of alkyl carbamates (subject to hydrolysis) is 1. The molecule has 2 amide bonds. The number of nitrogens with one attached hydrogen (secondary N) is 2. The number of carbonyl (C=O) groups is 2. The minimum absolute atomic E-state index is 0.210. The molecule has 270 valence electrons. The fourth-order valence-corrected chi connectivity index (χ4v) is 7.21. The lowest BCUT2D eigenvalue weighted by Gasteiger charge is -2.32. The number of fused-ring (bicyclic) bond motifs is 1. The third-order valence-corrected chi connectivity index (χ3v) is 11.0. The minimum Gasteiger partial charge on any atom is -0.471 e. The van der Waals surface area contributed by atoms with Crippen LogP contribution >= 0.6 is 11.3 Å². The quantitative estimate of drug-likeness (QED) is 0.172. The van der Waals surface area contributed by atoms with E-state index in [9.17, 15) is 9.59 Å². The predicted molar refractivity (Wildman–Crippen MR) is 200 cm³/mol. The molecule has 14 heteroatoms. The number of para-hydroxylation sites is 2. The third-order valence-electron chi connectivity index (χ3n) is 10.2. The number of hydrogen-bond donors (Lipinski definition) is 2. The fraction of sp³-hybridized carbons (Fsp3) is 0.395. The smallest absolute Gasteiger partial charge is 0.471 e. The number of hydrogen-bond acceptors (Lipinski definition) is 10. The number of ether oxygens (including phenoxy) is 2. The molecule has 0 saturated carbocycles. The molecule has 3 atom stereocenters. The average Bonchev–Trinajstić information content (AvgIpc) is 3.93. The first-order valence-electron chi connectivity index (χ1n) is 17.5. The highest BCUT2D eigenvalue weighted by Gasteiger charge is 2.51. The summed E-state index contributed by atoms with van der Waals surface area (Å²) >= 11 is 1.55. The Labute approximate surface area is 307 Å². The van der Waals surface area contributed by atoms with E-state index in [1.807, 2.05) is 114 Å². The van der Waals surface area contributed by atoms with Crippen molar-refractivity contribution in [3.05, 3.63) is 78.1 Å². The highest BCUT2D eigenvalue weighted by atomic mass is 32.1. The molecule has 3 aromatic heterocycles. The van der Waals surface area contributed by atoms with Gasteiger partial charge in [0.25, 0.3) is 0 Å². The van der Waals surface area contributed by atoms with Gasteiger partial charge >= 0.3 is 13.2 Å². The summed E-state index contributed by atoms with van der Waals surface area (Å²) in [6, 6.07) is 18.3. The number of H-pyrrole nitrogens is 1. The van der Waals surface area contributed by atoms with Crippen LogP contribution in [0.25, 0.3) is 32.9 Å². The highest BCUT2D eigenvalue weighted by molar-refractivity contribution is 7.13. The summed E-state index contributed by atoms with van der Waals surface area (Å²) in [5.41, 5.74) is 3.78. The number of benzene rings is 2. The Kier molecular flexibility index (Phi) is 9.57. The first-order valence-corrected chi connectivity index (χ1v) is 18.3. The predicted octanol–water partition coefficient (Wildman–Crippen LogP) is 6.15. The Morgan fingerprint density at radius 3 is 2.31 bits per heavy atom. The third kappa shape index (κ3) is 6.90. The van der Waals surface area contributed by atoms with E-state index >= 15 is 0 Å². The fourth-order valence-electron chi connectivity index (χ4n) is 6.51. The Hall–Kier alpha value is -4.79. The van der Waals surface area contributed by atoms with Crippen LogP contribution in [0.5, 0.6) is 5.88 Å². The molecule has 12 nitrogen and oxygen atoms in total. The van der Waals surface area contributed by atoms with Gasteiger partial charge in [-0.05, 0) is 62.7 Å². The number of amides is 2. The van der Waals surface area contributed by atoms with E-state index < -0.39 is 42.6 Å². The zero-order valence-electron chi connectivity index (χ0n) is 30.4. The number of nitrogens with zero attached hydrogens (tertiary/aromatic N) is 4. The number of aromatic amines is 1. The van der Waals surface area contributed by atoms with Gasteiger partial charge in [0.1, 0.15) is 23.7 Å². The van der Waals surface area contributed by atoms with Crippen molar-refractivity contribution in [1.82, 2.24) is 30.2 Å². The SMILES string of the molecule is COC(=O)N[C@H](C(=O)N1C[C@H](Oc2nc3ccccc3nc2-c2cccs2)C[C@H]1c1nc(-c2ccc(B3OC(C)(C)C(C)(C)O3)cc2)c[nH]1)C(C)C. The molecule has 0 aliphatic carbocycles. The van der Waals surface area contributed by atoms with Gasteiger partial charge in [0.05, 0.1) is 52.5 Å². The molecule has 2 aliphatic heterocycles. The summed E-state index contributed by atoms with van der Waals surface area (Å²) in [5.74, 6) is 0.533. The molecule has 0 unspecified atom stereocenters. The molecular formula is C38H43BN6O6S. The van der Waals surface area contributed by atoms with Gasteiger partial charge in [0, 0.05) is 18.2 Å². The second-order valence-electron chi connectivity index (χ2n) is 14.6. The summed E-state index contributed by atoms with van der Waals surface area (Å²) in [4.78, 5) is 47.4. The van der Waals surface area contributed by atoms with E-state index in [-0.39, 0.29) is 18.4 Å². The summed E-state index contributed by atoms with van der Waals surface area (Å²) in [7, 11) is 0.811. The van der Waals surface area contributed by atoms with Crippen LogP contribution in [0.2, 0.25) is 0 Å². The average molecular weight is 723 g/mol. The summed E-state index contributed by atoms with van der Waals surface area (Å²) in [5, 5.41) is 4.72. The maximum atomic E-state index is 14.3. The van der Waals surface area contributed by atoms with E-state index in [1.165, 1.54) is 7.11 Å². The molecule has 2 N–H and O–H groups in total. The molecule has 5 heterocycles. The van der Waals surface area contributed by atoms with Crippen molar-refractivity contribution in [2.24, 2.45) is 5.92 Å². The van der Waals surface area contributed by atoms with Crippen LogP contribution < -0.4 is 15.5 Å². The molecule has 2 aliphatic rings. The van der Waals surface area contributed by atoms with Crippen LogP contribution in [-0.2, 0) is 18.8 Å². The zero-order chi connectivity index (χ0) is 36.8. The van der Waals surface area contributed by atoms with Crippen molar-refractivity contribution in [2.45, 2.75) is 77.4 Å². The van der Waals surface area contributed by atoms with Crippen molar-refractivity contribution >= 4 is 47.0 Å². The van der Waals surface area contributed by atoms with Gasteiger partial charge in [-0.1, -0.05) is 56.3 Å². The maximum Gasteiger partial charge on any atom is 0.494 e. The van der Waals surface area contributed by atoms with Crippen LogP contribution in [0.1, 0.15) is 59.8 Å². The molecule has 52 heavy (non-hydrogen) atoms. The molecule has 5 aromatic rings. The van der Waals surface area contributed by atoms with E-state index in [0.717, 1.165) is 27.1 Å². The summed E-state index contributed by atoms with van der Waals surface area (Å²) in [6.45, 7) is 12.1. The summed E-state index contributed by atoms with van der Waals surface area (Å²) < 4.78 is 24.0. The molecule has 0 radical (unpaired) electrons. The van der Waals surface area contributed by atoms with Crippen molar-refractivity contribution in [1.29, 1.82) is 0 Å². The number of imidazole rings is 1. The standard InChI is InChI=1S/C38H43BN6O6S/c1-22(2)31(44-36(47)48-7)35(46)45-21-25(49-34-32(30-13-10-18-52-30)41-26-11-8-9-12-27(26)43-34)19-29(45)33-40-20-28(42-33)23-14-16-24(17-15-23)39-50-37(3,4)38(5,6)51-39/h8-18,20,22,25,29,31H,19,21H2,1-7H3,(H,40,42)(H,44,47)/t25-,29+,31+/m1/s1. The van der Waals surface area contributed by atoms with E-state index in [2.05, 4.69) is 10.3 Å². The van der Waals surface area contributed by atoms with Crippen LogP contribution in [0, 0.1) is 5.92 Å². The Bertz CT molecular complexity index is 2050. The normalized spacial score (nSPS) is 20.0. The van der Waals surface area contributed by atoms with Crippen molar-refractivity contribution < 1.29 is 28.4 Å². The number of methoxy groups -OCH3 is 1. The molecule has 2 saturated heterocycles. The van der Waals surface area contributed by atoms with Crippen molar-refractivity contribution in [3.63, 3.8) is 0 Å². The Morgan fingerprint density at radius 1 is 0.981 bits per heavy atom. The lowest BCUT2D eigenvalue weighted by Crippen LogP contribution is -2.51. The van der Waals surface area contributed by atoms with Gasteiger partial charge in [0.2, 0.25) is 11.8 Å². The zero-order valence-corrected chi connectivity index (χ0v) is 31.2. The second kappa shape index (κ2) is 14.0. The number of aromatic nitrogens is 4. The van der Waals surface area contributed by atoms with Crippen LogP contribution in [0.15, 0.2) is 72.2 Å². The lowest BCUT2D eigenvalue weighted by atomic mass is 9.79. The molecule has 0 bridgehead atoms. The van der Waals surface area contributed by atoms with Gasteiger partial charge in [-0.2, -0.15) is 0 Å². The van der Waals surface area contributed by atoms with Crippen LogP contribution in [-0.4, -0.2) is 81.0 Å². The van der Waals surface area contributed by atoms with Crippen molar-refractivity contribution in [3.8, 4) is 27.7 Å². The topological polar surface area (TPSA) is 141 Å². The molecule has 0 spiro atoms. The monoisotopic (exact) mass is 722 g/mol. The summed E-state index contributed by atoms with van der Waals surface area (Å²) in [6.07, 6.45) is 1.15. The first-order chi connectivity index (χ1) is 24.8. The lowest BCUT2D eigenvalue weighted by molar-refractivity contribution is -0.135. The number of likely N-dealkylation sites (tertiary alicyclic amines) is 1. The maximum absolute atomic E-state index is 14.3. The Balaban J connectivity index is 1.18. The largest absolute Gasteiger partial charge is 0.494 e. The molecule has 2 fully saturated rings. The van der Waals surface area contributed by atoms with E-state index in [1.54, 1.807) is 16.2 Å². The Morgan fingerprint density at radius 2 is 1.67 bits per heavy atom. The number of thiophene rings is 1. The van der Waals surface area contributed by atoms with E-state index in [0.29, 0.717) is 29.3 Å². The number of rotatable bonds is 9. The first kappa shape index (κ1) is 35.6. The van der Waals surface area contributed by atoms with Gasteiger partial charge in [0.15, 0.2) is 0 Å². The van der Waals surface area contributed by atoms with Crippen LogP contribution in [0.4, 0.5) is 4.79 Å². The van der Waals surface area contributed by atoms with Crippen LogP contribution in [0.3, 0.4) is 0 Å². The van der Waals surface area contributed by atoms with Gasteiger partial charge < -0.3 is 34.0 Å². The highest BCUT2D eigenvalue weighted by Crippen LogP contribution is 2.39. The van der Waals surface area contributed by atoms with E-state index in [4.69, 9.17) is 33.7 Å². The minimum atomic E-state index is -0.826. The van der Waals surface area contributed by atoms with Gasteiger partial charge in [-0.15, -0.1) is 11.3 Å². The second-order valence-corrected chi connectivity index (χ2v) is 15.5. The molecule has 7 rings (SSSR count). The van der Waals surface area contributed by atoms with Gasteiger partial charge in [-0.25, -0.2) is 19.7 Å². The molecule has 2 aromatic carbocycles. The number of carbonyl (C=O) groups excluding carboxylic acids is 2. The van der Waals surface area contributed by atoms with Gasteiger partial charge in [-0.3, -0.25) is 4.79 Å². The van der Waals surface area contributed by atoms with Crippen molar-refractivity contribution in [2.75, 3.05) is 13.7 Å².